The first-order chi connectivity index (χ1) is 14.2. The van der Waals surface area contributed by atoms with Crippen LogP contribution in [0.2, 0.25) is 0 Å². The first kappa shape index (κ1) is 21.2. The van der Waals surface area contributed by atoms with Crippen LogP contribution in [0.25, 0.3) is 11.4 Å². The number of amides is 1. The molecule has 0 radical (unpaired) electrons. The number of primary amides is 1. The van der Waals surface area contributed by atoms with Crippen LogP contribution in [-0.4, -0.2) is 51.3 Å². The monoisotopic (exact) mass is 426 g/mol. The standard InChI is InChI=1S/C15H17F3N10O2/c1-3-27-14(22-24-26-27)8-5-10(15(16,17)18)20-9(12(8)13(19)29)6-30-7-11-21-25-28(4-2)23-11/h5H,3-4,6-7H2,1-2H3,(H2,19,29). The number of aryl methyl sites for hydroxylation is 2. The van der Waals surface area contributed by atoms with Crippen molar-refractivity contribution in [3.63, 3.8) is 0 Å². The molecule has 0 atom stereocenters. The smallest absolute Gasteiger partial charge is 0.367 e. The Kier molecular flexibility index (Phi) is 6.00. The second kappa shape index (κ2) is 8.48. The summed E-state index contributed by atoms with van der Waals surface area (Å²) in [5.41, 5.74) is 3.45. The lowest BCUT2D eigenvalue weighted by molar-refractivity contribution is -0.141. The van der Waals surface area contributed by atoms with Gasteiger partial charge in [0.15, 0.2) is 11.6 Å². The Morgan fingerprint density at radius 2 is 1.93 bits per heavy atom. The van der Waals surface area contributed by atoms with Crippen molar-refractivity contribution >= 4 is 5.91 Å². The number of rotatable bonds is 8. The number of hydrogen-bond acceptors (Lipinski definition) is 9. The minimum Gasteiger partial charge on any atom is -0.367 e. The molecule has 3 heterocycles. The largest absolute Gasteiger partial charge is 0.433 e. The molecule has 160 valence electrons. The molecule has 0 saturated carbocycles. The fourth-order valence-electron chi connectivity index (χ4n) is 2.62. The normalized spacial score (nSPS) is 11.8. The number of nitrogens with zero attached hydrogens (tertiary/aromatic N) is 9. The number of aromatic nitrogens is 9. The number of alkyl halides is 3. The van der Waals surface area contributed by atoms with Crippen LogP contribution in [0.3, 0.4) is 0 Å². The summed E-state index contributed by atoms with van der Waals surface area (Å²) in [4.78, 5) is 17.0. The lowest BCUT2D eigenvalue weighted by Gasteiger charge is -2.15. The van der Waals surface area contributed by atoms with Gasteiger partial charge in [0, 0.05) is 12.1 Å². The molecule has 0 aliphatic carbocycles. The Balaban J connectivity index is 2.01. The number of halogens is 3. The second-order valence-electron chi connectivity index (χ2n) is 5.94. The van der Waals surface area contributed by atoms with Gasteiger partial charge in [0.2, 0.25) is 0 Å². The molecular weight excluding hydrogens is 409 g/mol. The van der Waals surface area contributed by atoms with Crippen LogP contribution in [0.4, 0.5) is 13.2 Å². The highest BCUT2D eigenvalue weighted by Crippen LogP contribution is 2.33. The molecule has 0 aliphatic heterocycles. The van der Waals surface area contributed by atoms with E-state index in [0.717, 1.165) is 0 Å². The molecule has 0 saturated heterocycles. The molecule has 3 aromatic rings. The fourth-order valence-corrected chi connectivity index (χ4v) is 2.62. The van der Waals surface area contributed by atoms with Crippen LogP contribution < -0.4 is 5.73 Å². The van der Waals surface area contributed by atoms with Crippen LogP contribution in [0.15, 0.2) is 6.07 Å². The molecule has 2 N–H and O–H groups in total. The number of pyridine rings is 1. The summed E-state index contributed by atoms with van der Waals surface area (Å²) >= 11 is 0. The van der Waals surface area contributed by atoms with Gasteiger partial charge in [0.1, 0.15) is 12.3 Å². The van der Waals surface area contributed by atoms with Gasteiger partial charge in [-0.25, -0.2) is 9.67 Å². The first-order valence-corrected chi connectivity index (χ1v) is 8.76. The van der Waals surface area contributed by atoms with Crippen LogP contribution in [0.5, 0.6) is 0 Å². The first-order valence-electron chi connectivity index (χ1n) is 8.76. The number of ether oxygens (including phenoxy) is 1. The molecule has 0 aromatic carbocycles. The van der Waals surface area contributed by atoms with Gasteiger partial charge in [0.05, 0.1) is 24.4 Å². The van der Waals surface area contributed by atoms with Gasteiger partial charge < -0.3 is 10.5 Å². The van der Waals surface area contributed by atoms with E-state index >= 15 is 0 Å². The highest BCUT2D eigenvalue weighted by Gasteiger charge is 2.36. The van der Waals surface area contributed by atoms with Crippen molar-refractivity contribution in [2.24, 2.45) is 5.73 Å². The van der Waals surface area contributed by atoms with Crippen molar-refractivity contribution in [2.45, 2.75) is 46.3 Å². The molecule has 0 unspecified atom stereocenters. The van der Waals surface area contributed by atoms with Crippen LogP contribution in [0.1, 0.15) is 41.4 Å². The average Bonchev–Trinajstić information content (AvgIpc) is 3.35. The van der Waals surface area contributed by atoms with Crippen molar-refractivity contribution in [3.05, 3.63) is 28.8 Å². The summed E-state index contributed by atoms with van der Waals surface area (Å²) in [5, 5.41) is 22.4. The van der Waals surface area contributed by atoms with Gasteiger partial charge in [-0.15, -0.1) is 15.3 Å². The minimum atomic E-state index is -4.78. The van der Waals surface area contributed by atoms with Crippen molar-refractivity contribution in [1.29, 1.82) is 0 Å². The molecule has 3 aromatic heterocycles. The zero-order valence-corrected chi connectivity index (χ0v) is 16.0. The van der Waals surface area contributed by atoms with Crippen LogP contribution in [0, 0.1) is 0 Å². The third-order valence-corrected chi connectivity index (χ3v) is 3.95. The number of tetrazole rings is 2. The zero-order valence-electron chi connectivity index (χ0n) is 16.0. The molecule has 12 nitrogen and oxygen atoms in total. The quantitative estimate of drug-likeness (QED) is 0.545. The lowest BCUT2D eigenvalue weighted by atomic mass is 10.0. The van der Waals surface area contributed by atoms with Crippen molar-refractivity contribution < 1.29 is 22.7 Å². The van der Waals surface area contributed by atoms with E-state index in [1.54, 1.807) is 6.92 Å². The molecular formula is C15H17F3N10O2. The summed E-state index contributed by atoms with van der Waals surface area (Å²) in [6, 6.07) is 0.690. The highest BCUT2D eigenvalue weighted by atomic mass is 19.4. The maximum absolute atomic E-state index is 13.4. The third-order valence-electron chi connectivity index (χ3n) is 3.95. The number of nitrogens with two attached hydrogens (primary N) is 1. The summed E-state index contributed by atoms with van der Waals surface area (Å²) < 4.78 is 46.9. The topological polar surface area (TPSA) is 152 Å². The van der Waals surface area contributed by atoms with Crippen molar-refractivity contribution in [1.82, 2.24) is 45.4 Å². The summed E-state index contributed by atoms with van der Waals surface area (Å²) in [6.07, 6.45) is -4.78. The van der Waals surface area contributed by atoms with E-state index in [2.05, 4.69) is 35.9 Å². The van der Waals surface area contributed by atoms with Gasteiger partial charge in [-0.1, -0.05) is 0 Å². The van der Waals surface area contributed by atoms with Gasteiger partial charge in [0.25, 0.3) is 5.91 Å². The Bertz CT molecular complexity index is 1050. The third kappa shape index (κ3) is 4.40. The fraction of sp³-hybridized carbons (Fsp3) is 0.467. The van der Waals surface area contributed by atoms with E-state index in [0.29, 0.717) is 12.6 Å². The van der Waals surface area contributed by atoms with Gasteiger partial charge in [-0.3, -0.25) is 4.79 Å². The molecule has 0 bridgehead atoms. The molecule has 30 heavy (non-hydrogen) atoms. The van der Waals surface area contributed by atoms with E-state index < -0.39 is 24.4 Å². The number of carbonyl (C=O) groups excluding carboxylic acids is 1. The van der Waals surface area contributed by atoms with E-state index in [9.17, 15) is 18.0 Å². The Morgan fingerprint density at radius 3 is 2.53 bits per heavy atom. The Hall–Kier alpha value is -3.49. The average molecular weight is 426 g/mol. The lowest BCUT2D eigenvalue weighted by Crippen LogP contribution is -2.21. The molecule has 0 aliphatic rings. The zero-order chi connectivity index (χ0) is 21.9. The SMILES string of the molecule is CCn1nnc(COCc2nc(C(F)(F)F)cc(-c3nnnn3CC)c2C(N)=O)n1. The summed E-state index contributed by atoms with van der Waals surface area (Å²) in [5.74, 6) is -0.821. The number of hydrogen-bond donors (Lipinski definition) is 1. The van der Waals surface area contributed by atoms with Gasteiger partial charge in [-0.05, 0) is 35.6 Å². The van der Waals surface area contributed by atoms with E-state index in [1.807, 2.05) is 6.92 Å². The molecule has 3 rings (SSSR count). The van der Waals surface area contributed by atoms with Crippen molar-refractivity contribution in [2.75, 3.05) is 0 Å². The van der Waals surface area contributed by atoms with Crippen molar-refractivity contribution in [3.8, 4) is 11.4 Å². The van der Waals surface area contributed by atoms with Crippen LogP contribution >= 0.6 is 0 Å². The Morgan fingerprint density at radius 1 is 1.17 bits per heavy atom. The Labute approximate surface area is 167 Å². The van der Waals surface area contributed by atoms with E-state index in [1.165, 1.54) is 9.48 Å². The van der Waals surface area contributed by atoms with E-state index in [4.69, 9.17) is 10.5 Å². The number of carbonyl (C=O) groups is 1. The summed E-state index contributed by atoms with van der Waals surface area (Å²) in [6.45, 7) is 3.64. The molecule has 1 amide bonds. The molecule has 0 fully saturated rings. The second-order valence-corrected chi connectivity index (χ2v) is 5.94. The predicted molar refractivity (Wildman–Crippen MR) is 92.2 cm³/mol. The van der Waals surface area contributed by atoms with Gasteiger partial charge >= 0.3 is 6.18 Å². The predicted octanol–water partition coefficient (Wildman–Crippen LogP) is 0.596. The van der Waals surface area contributed by atoms with Crippen LogP contribution in [-0.2, 0) is 37.2 Å². The van der Waals surface area contributed by atoms with Gasteiger partial charge in [-0.2, -0.15) is 18.0 Å². The summed E-state index contributed by atoms with van der Waals surface area (Å²) in [7, 11) is 0. The van der Waals surface area contributed by atoms with E-state index in [-0.39, 0.29) is 41.6 Å². The maximum atomic E-state index is 13.4. The molecule has 15 heteroatoms. The minimum absolute atomic E-state index is 0.0481. The highest BCUT2D eigenvalue weighted by molar-refractivity contribution is 6.00. The maximum Gasteiger partial charge on any atom is 0.433 e. The molecule has 0 spiro atoms.